The highest BCUT2D eigenvalue weighted by atomic mass is 79.9. The molecular weight excluding hydrogens is 350 g/mol. The third kappa shape index (κ3) is 4.92. The Balaban J connectivity index is 1.67. The molecule has 2 rings (SSSR count). The molecule has 0 aliphatic rings. The van der Waals surface area contributed by atoms with E-state index >= 15 is 0 Å². The van der Waals surface area contributed by atoms with Gasteiger partial charge in [0.25, 0.3) is 5.91 Å². The fraction of sp³-hybridized carbons (Fsp3) is 0.200. The molecule has 0 bridgehead atoms. The predicted octanol–water partition coefficient (Wildman–Crippen LogP) is 2.32. The third-order valence-electron chi connectivity index (χ3n) is 2.83. The highest BCUT2D eigenvalue weighted by Crippen LogP contribution is 2.11. The van der Waals surface area contributed by atoms with Gasteiger partial charge in [0, 0.05) is 10.7 Å². The fourth-order valence-electron chi connectivity index (χ4n) is 1.65. The zero-order chi connectivity index (χ0) is 15.9. The van der Waals surface area contributed by atoms with E-state index in [1.165, 1.54) is 0 Å². The van der Waals surface area contributed by atoms with Crippen LogP contribution < -0.4 is 15.6 Å². The number of H-pyrrole nitrogens is 1. The zero-order valence-electron chi connectivity index (χ0n) is 12.0. The van der Waals surface area contributed by atoms with Gasteiger partial charge >= 0.3 is 0 Å². The quantitative estimate of drug-likeness (QED) is 0.711. The number of aromatic nitrogens is 1. The van der Waals surface area contributed by atoms with Crippen molar-refractivity contribution in [3.05, 3.63) is 52.3 Å². The van der Waals surface area contributed by atoms with Gasteiger partial charge in [0.2, 0.25) is 5.91 Å². The van der Waals surface area contributed by atoms with Crippen molar-refractivity contribution >= 4 is 27.7 Å². The molecule has 116 valence electrons. The Morgan fingerprint density at radius 1 is 1.23 bits per heavy atom. The summed E-state index contributed by atoms with van der Waals surface area (Å²) in [5.74, 6) is -0.0387. The Morgan fingerprint density at radius 2 is 1.95 bits per heavy atom. The van der Waals surface area contributed by atoms with Crippen LogP contribution in [-0.4, -0.2) is 23.4 Å². The first-order valence-electron chi connectivity index (χ1n) is 6.67. The number of carbonyl (C=O) groups is 2. The minimum absolute atomic E-state index is 0.141. The monoisotopic (exact) mass is 365 g/mol. The summed E-state index contributed by atoms with van der Waals surface area (Å²) in [7, 11) is 0. The molecule has 0 saturated carbocycles. The minimum atomic E-state index is -0.418. The average Bonchev–Trinajstić information content (AvgIpc) is 2.93. The van der Waals surface area contributed by atoms with Crippen LogP contribution >= 0.6 is 15.9 Å². The predicted molar refractivity (Wildman–Crippen MR) is 85.4 cm³/mol. The number of benzene rings is 1. The lowest BCUT2D eigenvalue weighted by molar-refractivity contribution is -0.122. The van der Waals surface area contributed by atoms with Crippen molar-refractivity contribution in [3.63, 3.8) is 0 Å². The number of halogens is 1. The van der Waals surface area contributed by atoms with E-state index in [1.807, 2.05) is 31.2 Å². The number of hydrazine groups is 1. The molecule has 0 spiro atoms. The second-order valence-electron chi connectivity index (χ2n) is 4.65. The number of carbonyl (C=O) groups excluding carboxylic acids is 2. The van der Waals surface area contributed by atoms with Gasteiger partial charge in [-0.3, -0.25) is 20.4 Å². The molecular formula is C15H16BrN3O3. The van der Waals surface area contributed by atoms with Crippen LogP contribution in [0.3, 0.4) is 0 Å². The van der Waals surface area contributed by atoms with Crippen LogP contribution in [0.25, 0.3) is 0 Å². The first-order valence-corrected chi connectivity index (χ1v) is 7.46. The van der Waals surface area contributed by atoms with Crippen molar-refractivity contribution < 1.29 is 14.3 Å². The van der Waals surface area contributed by atoms with E-state index in [0.29, 0.717) is 11.4 Å². The molecule has 0 aliphatic heterocycles. The van der Waals surface area contributed by atoms with Gasteiger partial charge in [-0.15, -0.1) is 0 Å². The summed E-state index contributed by atoms with van der Waals surface area (Å²) in [6, 6.07) is 9.17. The lowest BCUT2D eigenvalue weighted by Crippen LogP contribution is -2.42. The molecule has 7 heteroatoms. The maximum absolute atomic E-state index is 11.7. The molecule has 0 fully saturated rings. The number of amides is 2. The Hall–Kier alpha value is -2.28. The molecule has 2 aromatic rings. The zero-order valence-corrected chi connectivity index (χ0v) is 13.6. The summed E-state index contributed by atoms with van der Waals surface area (Å²) in [5.41, 5.74) is 6.15. The first-order chi connectivity index (χ1) is 10.5. The van der Waals surface area contributed by atoms with E-state index < -0.39 is 5.91 Å². The molecule has 0 unspecified atom stereocenters. The first kappa shape index (κ1) is 16.1. The standard InChI is InChI=1S/C15H16BrN3O3/c1-10-2-4-12(5-3-10)22-7-6-14(20)18-19-15(21)13-8-11(16)9-17-13/h2-5,8-9,17H,6-7H2,1H3,(H,18,20)(H,19,21). The maximum atomic E-state index is 11.7. The number of nitrogens with one attached hydrogen (secondary N) is 3. The van der Waals surface area contributed by atoms with Crippen LogP contribution in [0.1, 0.15) is 22.5 Å². The number of ether oxygens (including phenoxy) is 1. The maximum Gasteiger partial charge on any atom is 0.286 e. The van der Waals surface area contributed by atoms with Crippen LogP contribution in [0.5, 0.6) is 5.75 Å². The van der Waals surface area contributed by atoms with Crippen LogP contribution in [0.15, 0.2) is 41.0 Å². The minimum Gasteiger partial charge on any atom is -0.493 e. The van der Waals surface area contributed by atoms with E-state index in [1.54, 1.807) is 12.3 Å². The lowest BCUT2D eigenvalue weighted by atomic mass is 10.2. The summed E-state index contributed by atoms with van der Waals surface area (Å²) in [6.07, 6.45) is 1.77. The van der Waals surface area contributed by atoms with Gasteiger partial charge in [-0.05, 0) is 41.1 Å². The molecule has 3 N–H and O–H groups in total. The van der Waals surface area contributed by atoms with Crippen molar-refractivity contribution in [2.75, 3.05) is 6.61 Å². The topological polar surface area (TPSA) is 83.2 Å². The van der Waals surface area contributed by atoms with Crippen molar-refractivity contribution in [1.29, 1.82) is 0 Å². The molecule has 2 amide bonds. The summed E-state index contributed by atoms with van der Waals surface area (Å²) in [6.45, 7) is 2.22. The molecule has 1 aromatic carbocycles. The summed E-state index contributed by atoms with van der Waals surface area (Å²) < 4.78 is 6.20. The molecule has 22 heavy (non-hydrogen) atoms. The summed E-state index contributed by atoms with van der Waals surface area (Å²) in [5, 5.41) is 0. The number of aromatic amines is 1. The van der Waals surface area contributed by atoms with Crippen LogP contribution in [-0.2, 0) is 4.79 Å². The Bertz CT molecular complexity index is 652. The van der Waals surface area contributed by atoms with Crippen molar-refractivity contribution in [2.24, 2.45) is 0 Å². The summed E-state index contributed by atoms with van der Waals surface area (Å²) >= 11 is 3.23. The van der Waals surface area contributed by atoms with Crippen molar-refractivity contribution in [3.8, 4) is 5.75 Å². The van der Waals surface area contributed by atoms with Gasteiger partial charge < -0.3 is 9.72 Å². The van der Waals surface area contributed by atoms with Crippen molar-refractivity contribution in [1.82, 2.24) is 15.8 Å². The molecule has 0 aliphatic carbocycles. The normalized spacial score (nSPS) is 10.1. The van der Waals surface area contributed by atoms with E-state index in [0.717, 1.165) is 10.0 Å². The van der Waals surface area contributed by atoms with Crippen LogP contribution in [0.2, 0.25) is 0 Å². The second-order valence-corrected chi connectivity index (χ2v) is 5.56. The molecule has 0 radical (unpaired) electrons. The molecule has 1 heterocycles. The molecule has 6 nitrogen and oxygen atoms in total. The van der Waals surface area contributed by atoms with Crippen molar-refractivity contribution in [2.45, 2.75) is 13.3 Å². The third-order valence-corrected chi connectivity index (χ3v) is 3.28. The largest absolute Gasteiger partial charge is 0.493 e. The van der Waals surface area contributed by atoms with Gasteiger partial charge in [-0.25, -0.2) is 0 Å². The highest BCUT2D eigenvalue weighted by Gasteiger charge is 2.09. The Morgan fingerprint density at radius 3 is 2.59 bits per heavy atom. The van der Waals surface area contributed by atoms with E-state index in [4.69, 9.17) is 4.74 Å². The fourth-order valence-corrected chi connectivity index (χ4v) is 1.99. The Labute approximate surface area is 136 Å². The molecule has 0 saturated heterocycles. The number of hydrogen-bond donors (Lipinski definition) is 3. The van der Waals surface area contributed by atoms with Crippen LogP contribution in [0, 0.1) is 6.92 Å². The van der Waals surface area contributed by atoms with Gasteiger partial charge in [0.05, 0.1) is 13.0 Å². The van der Waals surface area contributed by atoms with Gasteiger partial charge in [0.1, 0.15) is 11.4 Å². The SMILES string of the molecule is Cc1ccc(OCCC(=O)NNC(=O)c2cc(Br)c[nH]2)cc1. The van der Waals surface area contributed by atoms with E-state index in [2.05, 4.69) is 31.8 Å². The lowest BCUT2D eigenvalue weighted by Gasteiger charge is -2.08. The highest BCUT2D eigenvalue weighted by molar-refractivity contribution is 9.10. The average molecular weight is 366 g/mol. The summed E-state index contributed by atoms with van der Waals surface area (Å²) in [4.78, 5) is 26.0. The Kier molecular flexibility index (Phi) is 5.60. The second kappa shape index (κ2) is 7.65. The smallest absolute Gasteiger partial charge is 0.286 e. The van der Waals surface area contributed by atoms with E-state index in [-0.39, 0.29) is 18.9 Å². The number of rotatable bonds is 5. The van der Waals surface area contributed by atoms with Gasteiger partial charge in [-0.2, -0.15) is 0 Å². The van der Waals surface area contributed by atoms with Crippen LogP contribution in [0.4, 0.5) is 0 Å². The van der Waals surface area contributed by atoms with Gasteiger partial charge in [-0.1, -0.05) is 17.7 Å². The van der Waals surface area contributed by atoms with E-state index in [9.17, 15) is 9.59 Å². The van der Waals surface area contributed by atoms with Gasteiger partial charge in [0.15, 0.2) is 0 Å². The molecule has 0 atom stereocenters. The molecule has 1 aromatic heterocycles. The number of aryl methyl sites for hydroxylation is 1. The number of hydrogen-bond acceptors (Lipinski definition) is 3.